The van der Waals surface area contributed by atoms with Crippen LogP contribution in [0.25, 0.3) is 0 Å². The fraction of sp³-hybridized carbons (Fsp3) is 0. The quantitative estimate of drug-likeness (QED) is 0.353. The van der Waals surface area contributed by atoms with Crippen molar-refractivity contribution in [3.05, 3.63) is 0 Å². The van der Waals surface area contributed by atoms with Crippen LogP contribution in [0.5, 0.6) is 0 Å². The van der Waals surface area contributed by atoms with Crippen LogP contribution in [-0.4, -0.2) is 64.6 Å². The van der Waals surface area contributed by atoms with Gasteiger partial charge in [0.25, 0.3) is 0 Å². The molecular weight excluding hydrogens is 127 g/mol. The van der Waals surface area contributed by atoms with Gasteiger partial charge in [-0.2, -0.15) is 0 Å². The molecule has 0 rings (SSSR count). The summed E-state index contributed by atoms with van der Waals surface area (Å²) in [6, 6.07) is 0. The molecule has 0 unspecified atom stereocenters. The number of hydrogen-bond acceptors (Lipinski definition) is 0. The van der Waals surface area contributed by atoms with Gasteiger partial charge < -0.3 is 5.48 Å². The molecule has 0 saturated carbocycles. The summed E-state index contributed by atoms with van der Waals surface area (Å²) in [5.74, 6) is 0. The first kappa shape index (κ1) is 30.8. The smallest absolute Gasteiger partial charge is 0 e. The molecule has 0 aliphatic carbocycles. The van der Waals surface area contributed by atoms with Crippen molar-refractivity contribution in [2.45, 2.75) is 0 Å². The summed E-state index contributed by atoms with van der Waals surface area (Å²) in [6.45, 7) is 0. The van der Waals surface area contributed by atoms with Gasteiger partial charge in [-0.25, -0.2) is 0 Å². The van der Waals surface area contributed by atoms with E-state index in [0.29, 0.717) is 0 Å². The Morgan fingerprint density at radius 1 is 0.750 bits per heavy atom. The minimum absolute atomic E-state index is 0. The van der Waals surface area contributed by atoms with Crippen molar-refractivity contribution < 1.29 is 25.0 Å². The normalized spacial score (nSPS) is 0. The average molecular weight is 129 g/mol. The third-order valence-electron chi connectivity index (χ3n) is 0. The minimum atomic E-state index is 0. The summed E-state index contributed by atoms with van der Waals surface area (Å²) in [6.07, 6.45) is 0. The first-order valence-corrected chi connectivity index (χ1v) is 0. The van der Waals surface area contributed by atoms with Crippen LogP contribution in [0.4, 0.5) is 0 Å². The van der Waals surface area contributed by atoms with E-state index >= 15 is 0 Å². The summed E-state index contributed by atoms with van der Waals surface area (Å²) in [7, 11) is 0. The maximum absolute atomic E-state index is 0. The van der Waals surface area contributed by atoms with E-state index in [4.69, 9.17) is 0 Å². The van der Waals surface area contributed by atoms with E-state index in [0.717, 1.165) is 0 Å². The zero-order valence-electron chi connectivity index (χ0n) is 3.21. The molecule has 0 saturated heterocycles. The molecule has 0 bridgehead atoms. The van der Waals surface area contributed by atoms with Crippen LogP contribution in [0.2, 0.25) is 0 Å². The number of rotatable bonds is 0. The number of hydrogen-bond donors (Lipinski definition) is 0. The molecule has 0 aliphatic rings. The van der Waals surface area contributed by atoms with E-state index in [1.807, 2.05) is 0 Å². The van der Waals surface area contributed by atoms with Crippen molar-refractivity contribution in [2.24, 2.45) is 0 Å². The van der Waals surface area contributed by atoms with Crippen LogP contribution >= 0.6 is 0 Å². The molecule has 4 heteroatoms. The Bertz CT molecular complexity index is 6.00. The molecule has 0 heterocycles. The van der Waals surface area contributed by atoms with Crippen molar-refractivity contribution in [3.63, 3.8) is 0 Å². The second kappa shape index (κ2) is 17.6. The van der Waals surface area contributed by atoms with Gasteiger partial charge >= 0.3 is 0 Å². The summed E-state index contributed by atoms with van der Waals surface area (Å²) >= 11 is 0. The first-order valence-electron chi connectivity index (χ1n) is 0. The van der Waals surface area contributed by atoms with E-state index in [1.54, 1.807) is 0 Å². The van der Waals surface area contributed by atoms with Gasteiger partial charge in [-0.1, -0.05) is 0 Å². The van der Waals surface area contributed by atoms with Crippen molar-refractivity contribution in [2.75, 3.05) is 0 Å². The molecule has 0 aromatic heterocycles. The molecule has 2 N–H and O–H groups in total. The van der Waals surface area contributed by atoms with Crippen LogP contribution in [0.1, 0.15) is 0 Å². The SMILES string of the molecule is O.[Na].[Na].[Zn]. The molecule has 1 nitrogen and oxygen atoms in total. The zero-order chi connectivity index (χ0) is 0. The molecule has 0 aromatic carbocycles. The van der Waals surface area contributed by atoms with E-state index in [-0.39, 0.29) is 84.1 Å². The van der Waals surface area contributed by atoms with Crippen molar-refractivity contribution in [3.8, 4) is 0 Å². The van der Waals surface area contributed by atoms with Gasteiger partial charge in [0.05, 0.1) is 0 Å². The Kier molecular flexibility index (Phi) is 135. The van der Waals surface area contributed by atoms with Crippen molar-refractivity contribution >= 4 is 59.1 Å². The Balaban J connectivity index is 0. The predicted molar refractivity (Wildman–Crippen MR) is 15.1 cm³/mol. The van der Waals surface area contributed by atoms with Gasteiger partial charge in [-0.15, -0.1) is 0 Å². The Morgan fingerprint density at radius 2 is 0.750 bits per heavy atom. The van der Waals surface area contributed by atoms with E-state index in [9.17, 15) is 0 Å². The van der Waals surface area contributed by atoms with Gasteiger partial charge in [-0.3, -0.25) is 0 Å². The maximum atomic E-state index is 0. The topological polar surface area (TPSA) is 31.5 Å². The second-order valence-corrected chi connectivity index (χ2v) is 0. The maximum Gasteiger partial charge on any atom is 0 e. The fourth-order valence-electron chi connectivity index (χ4n) is 0. The minimum Gasteiger partial charge on any atom is -0.412 e. The molecule has 12 valence electrons. The van der Waals surface area contributed by atoms with Crippen molar-refractivity contribution in [1.29, 1.82) is 0 Å². The van der Waals surface area contributed by atoms with E-state index in [2.05, 4.69) is 0 Å². The van der Waals surface area contributed by atoms with Crippen LogP contribution in [0.15, 0.2) is 0 Å². The largest absolute Gasteiger partial charge is 0.412 e. The predicted octanol–water partition coefficient (Wildman–Crippen LogP) is -1.59. The molecule has 0 spiro atoms. The van der Waals surface area contributed by atoms with Gasteiger partial charge in [-0.05, 0) is 0 Å². The third-order valence-corrected chi connectivity index (χ3v) is 0. The zero-order valence-corrected chi connectivity index (χ0v) is 10.2. The van der Waals surface area contributed by atoms with Crippen LogP contribution < -0.4 is 0 Å². The molecule has 2 radical (unpaired) electrons. The molecule has 4 heavy (non-hydrogen) atoms. The summed E-state index contributed by atoms with van der Waals surface area (Å²) in [4.78, 5) is 0. The average Bonchev–Trinajstić information content (AvgIpc) is 0. The van der Waals surface area contributed by atoms with E-state index in [1.165, 1.54) is 0 Å². The van der Waals surface area contributed by atoms with Crippen LogP contribution in [0.3, 0.4) is 0 Å². The van der Waals surface area contributed by atoms with Gasteiger partial charge in [0.2, 0.25) is 0 Å². The van der Waals surface area contributed by atoms with Crippen LogP contribution in [-0.2, 0) is 19.5 Å². The molecular formula is H2Na2OZn. The molecule has 0 aromatic rings. The van der Waals surface area contributed by atoms with Gasteiger partial charge in [0.15, 0.2) is 0 Å². The monoisotopic (exact) mass is 128 g/mol. The summed E-state index contributed by atoms with van der Waals surface area (Å²) < 4.78 is 0. The Labute approximate surface area is 82.6 Å². The summed E-state index contributed by atoms with van der Waals surface area (Å²) in [5.41, 5.74) is 0. The Hall–Kier alpha value is 2.58. The fourth-order valence-corrected chi connectivity index (χ4v) is 0. The van der Waals surface area contributed by atoms with Crippen molar-refractivity contribution in [1.82, 2.24) is 0 Å². The van der Waals surface area contributed by atoms with Gasteiger partial charge in [0, 0.05) is 78.6 Å². The molecule has 0 amide bonds. The van der Waals surface area contributed by atoms with Crippen LogP contribution in [0, 0.1) is 0 Å². The third kappa shape index (κ3) is 8.82. The molecule has 0 aliphatic heterocycles. The molecule has 0 fully saturated rings. The Morgan fingerprint density at radius 3 is 0.750 bits per heavy atom. The first-order chi connectivity index (χ1) is 0. The molecule has 0 atom stereocenters. The van der Waals surface area contributed by atoms with Gasteiger partial charge in [0.1, 0.15) is 0 Å². The summed E-state index contributed by atoms with van der Waals surface area (Å²) in [5, 5.41) is 0. The second-order valence-electron chi connectivity index (χ2n) is 0. The van der Waals surface area contributed by atoms with E-state index < -0.39 is 0 Å². The standard InChI is InChI=1S/2Na.H2O.Zn/h;;1H2;.